The Labute approximate surface area is 252 Å². The predicted octanol–water partition coefficient (Wildman–Crippen LogP) is 6.92. The number of pyridine rings is 1. The Morgan fingerprint density at radius 3 is 2.12 bits per heavy atom. The number of ether oxygens (including phenoxy) is 1. The van der Waals surface area contributed by atoms with E-state index in [0.29, 0.717) is 46.3 Å². The van der Waals surface area contributed by atoms with Crippen molar-refractivity contribution in [2.45, 2.75) is 12.8 Å². The molecule has 0 unspecified atom stereocenters. The van der Waals surface area contributed by atoms with Crippen molar-refractivity contribution in [2.24, 2.45) is 11.8 Å². The number of hydrogen-bond acceptors (Lipinski definition) is 6. The molecule has 2 atom stereocenters. The standard InChI is InChI=1S/C32H22Br2N2O5/c33-20-9-5-19(6-10-20)29(37)17-41-32(40)26-16-28(35-27-14-11-21(34)15-25(26)27)18-7-12-22(13-8-18)36-30(38)23-3-1-2-4-24(23)31(36)39/h1-2,5-16,23-24H,3-4,17H2/t23-,24-/m1/s1. The van der Waals surface area contributed by atoms with Crippen LogP contribution in [0.3, 0.4) is 0 Å². The summed E-state index contributed by atoms with van der Waals surface area (Å²) in [4.78, 5) is 57.9. The molecule has 3 aromatic carbocycles. The molecule has 0 saturated carbocycles. The van der Waals surface area contributed by atoms with E-state index in [-0.39, 0.29) is 35.0 Å². The number of esters is 1. The molecule has 2 heterocycles. The number of allylic oxidation sites excluding steroid dienone is 2. The van der Waals surface area contributed by atoms with Crippen LogP contribution < -0.4 is 4.90 Å². The van der Waals surface area contributed by atoms with Crippen molar-refractivity contribution < 1.29 is 23.9 Å². The fraction of sp³-hybridized carbons (Fsp3) is 0.156. The van der Waals surface area contributed by atoms with E-state index in [9.17, 15) is 19.2 Å². The summed E-state index contributed by atoms with van der Waals surface area (Å²) < 4.78 is 7.05. The summed E-state index contributed by atoms with van der Waals surface area (Å²) in [7, 11) is 0. The van der Waals surface area contributed by atoms with E-state index in [1.54, 1.807) is 66.7 Å². The first-order valence-electron chi connectivity index (χ1n) is 13.0. The molecule has 1 saturated heterocycles. The number of fused-ring (bicyclic) bond motifs is 2. The lowest BCUT2D eigenvalue weighted by Gasteiger charge is -2.15. The van der Waals surface area contributed by atoms with Gasteiger partial charge in [0.05, 0.1) is 34.3 Å². The Balaban J connectivity index is 1.28. The van der Waals surface area contributed by atoms with E-state index in [0.717, 1.165) is 8.95 Å². The maximum absolute atomic E-state index is 13.3. The van der Waals surface area contributed by atoms with Gasteiger partial charge in [0, 0.05) is 25.5 Å². The highest BCUT2D eigenvalue weighted by Crippen LogP contribution is 2.38. The summed E-state index contributed by atoms with van der Waals surface area (Å²) in [6, 6.07) is 20.8. The first-order chi connectivity index (χ1) is 19.8. The molecule has 4 aromatic rings. The van der Waals surface area contributed by atoms with Crippen molar-refractivity contribution in [3.05, 3.63) is 105 Å². The maximum Gasteiger partial charge on any atom is 0.339 e. The van der Waals surface area contributed by atoms with Gasteiger partial charge in [0.15, 0.2) is 12.4 Å². The third kappa shape index (κ3) is 5.27. The number of rotatable bonds is 6. The molecule has 2 aliphatic rings. The number of Topliss-reactive ketones (excluding diaryl/α,β-unsaturated/α-hetero) is 1. The molecular weight excluding hydrogens is 652 g/mol. The monoisotopic (exact) mass is 672 g/mol. The second-order valence-electron chi connectivity index (χ2n) is 9.94. The van der Waals surface area contributed by atoms with E-state index < -0.39 is 12.6 Å². The van der Waals surface area contributed by atoms with Gasteiger partial charge in [-0.2, -0.15) is 0 Å². The fourth-order valence-electron chi connectivity index (χ4n) is 5.28. The first-order valence-corrected chi connectivity index (χ1v) is 14.6. The molecule has 9 heteroatoms. The summed E-state index contributed by atoms with van der Waals surface area (Å²) in [5.41, 5.74) is 2.98. The largest absolute Gasteiger partial charge is 0.454 e. The van der Waals surface area contributed by atoms with Crippen LogP contribution in [-0.2, 0) is 14.3 Å². The van der Waals surface area contributed by atoms with Crippen LogP contribution in [0.1, 0.15) is 33.6 Å². The van der Waals surface area contributed by atoms with Crippen LogP contribution in [0.4, 0.5) is 5.69 Å². The Morgan fingerprint density at radius 1 is 0.829 bits per heavy atom. The summed E-state index contributed by atoms with van der Waals surface area (Å²) in [6.45, 7) is -0.405. The molecule has 1 fully saturated rings. The van der Waals surface area contributed by atoms with Crippen LogP contribution in [0.25, 0.3) is 22.2 Å². The average Bonchev–Trinajstić information content (AvgIpc) is 3.25. The van der Waals surface area contributed by atoms with Gasteiger partial charge in [-0.3, -0.25) is 19.3 Å². The Morgan fingerprint density at radius 2 is 1.46 bits per heavy atom. The Bertz CT molecular complexity index is 1720. The number of hydrogen-bond donors (Lipinski definition) is 0. The topological polar surface area (TPSA) is 93.6 Å². The maximum atomic E-state index is 13.3. The van der Waals surface area contributed by atoms with Gasteiger partial charge in [-0.1, -0.05) is 68.3 Å². The summed E-state index contributed by atoms with van der Waals surface area (Å²) in [5.74, 6) is -1.93. The summed E-state index contributed by atoms with van der Waals surface area (Å²) in [5, 5.41) is 0.574. The smallest absolute Gasteiger partial charge is 0.339 e. The van der Waals surface area contributed by atoms with Crippen molar-refractivity contribution in [2.75, 3.05) is 11.5 Å². The normalized spacial score (nSPS) is 18.0. The molecule has 0 bridgehead atoms. The molecule has 2 amide bonds. The Kier molecular flexibility index (Phi) is 7.40. The van der Waals surface area contributed by atoms with Crippen molar-refractivity contribution in [3.63, 3.8) is 0 Å². The average molecular weight is 674 g/mol. The highest BCUT2D eigenvalue weighted by Gasteiger charge is 2.47. The van der Waals surface area contributed by atoms with Crippen molar-refractivity contribution in [1.29, 1.82) is 0 Å². The molecular formula is C32H22Br2N2O5. The van der Waals surface area contributed by atoms with E-state index in [2.05, 4.69) is 31.9 Å². The zero-order chi connectivity index (χ0) is 28.7. The first kappa shape index (κ1) is 27.2. The molecule has 204 valence electrons. The lowest BCUT2D eigenvalue weighted by atomic mass is 9.85. The minimum atomic E-state index is -0.650. The van der Waals surface area contributed by atoms with Gasteiger partial charge >= 0.3 is 5.97 Å². The molecule has 1 aliphatic heterocycles. The highest BCUT2D eigenvalue weighted by atomic mass is 79.9. The number of amides is 2. The molecule has 41 heavy (non-hydrogen) atoms. The van der Waals surface area contributed by atoms with Crippen LogP contribution in [0.15, 0.2) is 93.9 Å². The van der Waals surface area contributed by atoms with Gasteiger partial charge < -0.3 is 4.74 Å². The second kappa shape index (κ2) is 11.1. The van der Waals surface area contributed by atoms with Crippen LogP contribution in [0.2, 0.25) is 0 Å². The molecule has 0 radical (unpaired) electrons. The van der Waals surface area contributed by atoms with E-state index in [1.165, 1.54) is 4.90 Å². The number of carbonyl (C=O) groups excluding carboxylic acids is 4. The SMILES string of the molecule is O=C(COC(=O)c1cc(-c2ccc(N3C(=O)[C@@H]4CC=CC[C@H]4C3=O)cc2)nc2ccc(Br)cc12)c1ccc(Br)cc1. The molecule has 1 aliphatic carbocycles. The number of nitrogens with zero attached hydrogens (tertiary/aromatic N) is 2. The number of aromatic nitrogens is 1. The molecule has 0 spiro atoms. The van der Waals surface area contributed by atoms with E-state index in [1.807, 2.05) is 18.2 Å². The van der Waals surface area contributed by atoms with Gasteiger partial charge in [-0.05, 0) is 61.4 Å². The second-order valence-corrected chi connectivity index (χ2v) is 11.8. The lowest BCUT2D eigenvalue weighted by Crippen LogP contribution is -2.30. The Hall–Kier alpha value is -3.95. The number of carbonyl (C=O) groups is 4. The third-order valence-electron chi connectivity index (χ3n) is 7.42. The van der Waals surface area contributed by atoms with Gasteiger partial charge in [0.25, 0.3) is 0 Å². The number of benzene rings is 3. The molecule has 7 nitrogen and oxygen atoms in total. The fourth-order valence-corrected chi connectivity index (χ4v) is 5.90. The van der Waals surface area contributed by atoms with E-state index >= 15 is 0 Å². The number of ketones is 1. The molecule has 1 aromatic heterocycles. The molecule has 0 N–H and O–H groups in total. The van der Waals surface area contributed by atoms with Gasteiger partial charge in [-0.15, -0.1) is 0 Å². The molecule has 6 rings (SSSR count). The summed E-state index contributed by atoms with van der Waals surface area (Å²) in [6.07, 6.45) is 5.08. The minimum absolute atomic E-state index is 0.172. The van der Waals surface area contributed by atoms with Crippen LogP contribution >= 0.6 is 31.9 Å². The van der Waals surface area contributed by atoms with Crippen molar-refractivity contribution >= 4 is 72.0 Å². The summed E-state index contributed by atoms with van der Waals surface area (Å²) >= 11 is 6.79. The van der Waals surface area contributed by atoms with Gasteiger partial charge in [0.2, 0.25) is 11.8 Å². The lowest BCUT2D eigenvalue weighted by molar-refractivity contribution is -0.122. The highest BCUT2D eigenvalue weighted by molar-refractivity contribution is 9.10. The number of imide groups is 1. The van der Waals surface area contributed by atoms with E-state index in [4.69, 9.17) is 9.72 Å². The number of anilines is 1. The zero-order valence-corrected chi connectivity index (χ0v) is 24.7. The zero-order valence-electron chi connectivity index (χ0n) is 21.6. The van der Waals surface area contributed by atoms with Crippen molar-refractivity contribution in [1.82, 2.24) is 4.98 Å². The van der Waals surface area contributed by atoms with Gasteiger partial charge in [0.1, 0.15) is 0 Å². The number of halogens is 2. The van der Waals surface area contributed by atoms with Crippen LogP contribution in [-0.4, -0.2) is 35.2 Å². The van der Waals surface area contributed by atoms with Gasteiger partial charge in [-0.25, -0.2) is 9.78 Å². The van der Waals surface area contributed by atoms with Crippen LogP contribution in [0.5, 0.6) is 0 Å². The predicted molar refractivity (Wildman–Crippen MR) is 161 cm³/mol. The minimum Gasteiger partial charge on any atom is -0.454 e. The third-order valence-corrected chi connectivity index (χ3v) is 8.44. The van der Waals surface area contributed by atoms with Crippen LogP contribution in [0, 0.1) is 11.8 Å². The quantitative estimate of drug-likeness (QED) is 0.0955. The van der Waals surface area contributed by atoms with Crippen molar-refractivity contribution in [3.8, 4) is 11.3 Å².